The summed E-state index contributed by atoms with van der Waals surface area (Å²) in [7, 11) is 3.48. The Morgan fingerprint density at radius 1 is 1.17 bits per heavy atom. The Labute approximate surface area is 187 Å². The third-order valence-corrected chi connectivity index (χ3v) is 5.91. The van der Waals surface area contributed by atoms with Crippen LogP contribution in [0.25, 0.3) is 0 Å². The zero-order chi connectivity index (χ0) is 21.7. The van der Waals surface area contributed by atoms with Crippen LogP contribution in [0.3, 0.4) is 0 Å². The van der Waals surface area contributed by atoms with E-state index in [-0.39, 0.29) is 12.0 Å². The molecule has 1 aliphatic heterocycles. The number of methoxy groups -OCH3 is 1. The van der Waals surface area contributed by atoms with E-state index in [1.807, 2.05) is 37.3 Å². The van der Waals surface area contributed by atoms with Crippen molar-refractivity contribution in [2.45, 2.75) is 26.3 Å². The molecule has 1 aliphatic rings. The van der Waals surface area contributed by atoms with Gasteiger partial charge in [0, 0.05) is 30.3 Å². The average Bonchev–Trinajstić information content (AvgIpc) is 2.77. The molecule has 1 atom stereocenters. The van der Waals surface area contributed by atoms with Gasteiger partial charge in [-0.15, -0.1) is 0 Å². The second-order valence-electron chi connectivity index (χ2n) is 7.28. The van der Waals surface area contributed by atoms with Crippen molar-refractivity contribution in [1.82, 2.24) is 9.80 Å². The van der Waals surface area contributed by atoms with E-state index in [2.05, 4.69) is 64.0 Å². The number of hydrogen-bond acceptors (Lipinski definition) is 5. The second-order valence-corrected chi connectivity index (χ2v) is 8.19. The fourth-order valence-electron chi connectivity index (χ4n) is 3.72. The Balaban J connectivity index is 1.92. The first-order chi connectivity index (χ1) is 14.5. The van der Waals surface area contributed by atoms with Crippen LogP contribution in [-0.2, 0) is 16.0 Å². The van der Waals surface area contributed by atoms with Crippen LogP contribution in [-0.4, -0.2) is 49.0 Å². The minimum Gasteiger partial charge on any atom is -0.466 e. The van der Waals surface area contributed by atoms with Crippen molar-refractivity contribution < 1.29 is 9.53 Å². The molecule has 0 aliphatic carbocycles. The number of allylic oxidation sites excluding steroid dienone is 1. The lowest BCUT2D eigenvalue weighted by Crippen LogP contribution is -2.46. The van der Waals surface area contributed by atoms with Crippen molar-refractivity contribution in [2.75, 3.05) is 27.2 Å². The zero-order valence-corrected chi connectivity index (χ0v) is 19.5. The summed E-state index contributed by atoms with van der Waals surface area (Å²) in [4.78, 5) is 21.9. The van der Waals surface area contributed by atoms with Gasteiger partial charge in [-0.05, 0) is 43.5 Å². The number of guanidine groups is 1. The molecule has 0 radical (unpaired) electrons. The van der Waals surface area contributed by atoms with Gasteiger partial charge < -0.3 is 14.5 Å². The van der Waals surface area contributed by atoms with Crippen molar-refractivity contribution in [3.05, 3.63) is 81.5 Å². The van der Waals surface area contributed by atoms with Gasteiger partial charge in [0.2, 0.25) is 5.96 Å². The van der Waals surface area contributed by atoms with Crippen molar-refractivity contribution in [1.29, 1.82) is 0 Å². The minimum absolute atomic E-state index is 0.333. The number of ether oxygens (including phenoxy) is 1. The first-order valence-electron chi connectivity index (χ1n) is 10.1. The number of benzene rings is 2. The molecule has 0 N–H and O–H groups in total. The maximum atomic E-state index is 12.6. The van der Waals surface area contributed by atoms with Crippen LogP contribution in [0, 0.1) is 0 Å². The molecule has 0 spiro atoms. The molecule has 2 aromatic rings. The highest BCUT2D eigenvalue weighted by Crippen LogP contribution is 2.35. The molecule has 5 nitrogen and oxygen atoms in total. The standard InChI is InChI=1S/C24H28BrN3O2/c1-5-28-17(2)21(23(29)30-4)22(19-9-7-6-8-10-19)26-24(28)27(3)16-15-18-11-13-20(25)14-12-18/h6-14,22H,5,15-16H2,1-4H3. The Morgan fingerprint density at radius 3 is 2.43 bits per heavy atom. The molecule has 2 aromatic carbocycles. The van der Waals surface area contributed by atoms with Crippen LogP contribution in [0.1, 0.15) is 31.0 Å². The van der Waals surface area contributed by atoms with E-state index in [0.29, 0.717) is 5.57 Å². The van der Waals surface area contributed by atoms with Gasteiger partial charge in [0.05, 0.1) is 12.7 Å². The van der Waals surface area contributed by atoms with Crippen molar-refractivity contribution in [3.8, 4) is 0 Å². The highest BCUT2D eigenvalue weighted by molar-refractivity contribution is 9.10. The van der Waals surface area contributed by atoms with E-state index < -0.39 is 0 Å². The third kappa shape index (κ3) is 4.75. The Morgan fingerprint density at radius 2 is 1.83 bits per heavy atom. The van der Waals surface area contributed by atoms with Crippen LogP contribution < -0.4 is 0 Å². The molecule has 6 heteroatoms. The van der Waals surface area contributed by atoms with Gasteiger partial charge in [0.1, 0.15) is 6.04 Å². The molecule has 1 heterocycles. The first kappa shape index (κ1) is 22.1. The lowest BCUT2D eigenvalue weighted by Gasteiger charge is -2.38. The number of likely N-dealkylation sites (N-methyl/N-ethyl adjacent to an activating group) is 1. The molecular formula is C24H28BrN3O2. The van der Waals surface area contributed by atoms with Gasteiger partial charge in [-0.3, -0.25) is 0 Å². The largest absolute Gasteiger partial charge is 0.466 e. The van der Waals surface area contributed by atoms with Gasteiger partial charge in [-0.25, -0.2) is 9.79 Å². The van der Waals surface area contributed by atoms with Crippen molar-refractivity contribution in [2.24, 2.45) is 4.99 Å². The highest BCUT2D eigenvalue weighted by Gasteiger charge is 2.34. The molecule has 0 saturated carbocycles. The van der Waals surface area contributed by atoms with Gasteiger partial charge in [0.25, 0.3) is 0 Å². The van der Waals surface area contributed by atoms with Gasteiger partial charge in [-0.2, -0.15) is 0 Å². The number of carbonyl (C=O) groups is 1. The summed E-state index contributed by atoms with van der Waals surface area (Å²) in [5.74, 6) is 0.536. The molecule has 0 bridgehead atoms. The summed E-state index contributed by atoms with van der Waals surface area (Å²) >= 11 is 3.48. The SMILES string of the molecule is CCN1C(N(C)CCc2ccc(Br)cc2)=NC(c2ccccc2)C(C(=O)OC)=C1C. The van der Waals surface area contributed by atoms with Crippen LogP contribution in [0.4, 0.5) is 0 Å². The quantitative estimate of drug-likeness (QED) is 0.569. The molecule has 158 valence electrons. The molecular weight excluding hydrogens is 442 g/mol. The number of halogens is 1. The number of carbonyl (C=O) groups excluding carboxylic acids is 1. The average molecular weight is 470 g/mol. The summed E-state index contributed by atoms with van der Waals surface area (Å²) in [5.41, 5.74) is 3.73. The smallest absolute Gasteiger partial charge is 0.338 e. The molecule has 0 amide bonds. The van der Waals surface area contributed by atoms with Crippen molar-refractivity contribution >= 4 is 27.9 Å². The highest BCUT2D eigenvalue weighted by atomic mass is 79.9. The van der Waals surface area contributed by atoms with E-state index in [1.165, 1.54) is 12.7 Å². The summed E-state index contributed by atoms with van der Waals surface area (Å²) in [5, 5.41) is 0. The van der Waals surface area contributed by atoms with Crippen LogP contribution in [0.15, 0.2) is 75.3 Å². The number of esters is 1. The summed E-state index contributed by atoms with van der Waals surface area (Å²) < 4.78 is 6.18. The van der Waals surface area contributed by atoms with Crippen LogP contribution >= 0.6 is 15.9 Å². The fourth-order valence-corrected chi connectivity index (χ4v) is 3.98. The van der Waals surface area contributed by atoms with Crippen molar-refractivity contribution in [3.63, 3.8) is 0 Å². The van der Waals surface area contributed by atoms with Crippen LogP contribution in [0.2, 0.25) is 0 Å². The summed E-state index contributed by atoms with van der Waals surface area (Å²) in [6.45, 7) is 5.58. The maximum Gasteiger partial charge on any atom is 0.338 e. The zero-order valence-electron chi connectivity index (χ0n) is 17.9. The number of aliphatic imine (C=N–C) groups is 1. The first-order valence-corrected chi connectivity index (χ1v) is 10.9. The Kier molecular flexibility index (Phi) is 7.32. The second kappa shape index (κ2) is 9.94. The fraction of sp³-hybridized carbons (Fsp3) is 0.333. The molecule has 0 fully saturated rings. The van der Waals surface area contributed by atoms with E-state index in [9.17, 15) is 4.79 Å². The normalized spacial score (nSPS) is 16.4. The van der Waals surface area contributed by atoms with Crippen LogP contribution in [0.5, 0.6) is 0 Å². The predicted molar refractivity (Wildman–Crippen MR) is 124 cm³/mol. The lowest BCUT2D eigenvalue weighted by molar-refractivity contribution is -0.136. The monoisotopic (exact) mass is 469 g/mol. The number of rotatable bonds is 6. The van der Waals surface area contributed by atoms with E-state index in [0.717, 1.165) is 41.2 Å². The summed E-state index contributed by atoms with van der Waals surface area (Å²) in [6, 6.07) is 17.9. The van der Waals surface area contributed by atoms with Gasteiger partial charge in [0.15, 0.2) is 0 Å². The minimum atomic E-state index is -0.383. The molecule has 0 aromatic heterocycles. The summed E-state index contributed by atoms with van der Waals surface area (Å²) in [6.07, 6.45) is 0.906. The Bertz CT molecular complexity index is 939. The Hall–Kier alpha value is -2.60. The molecule has 30 heavy (non-hydrogen) atoms. The molecule has 0 saturated heterocycles. The molecule has 1 unspecified atom stereocenters. The van der Waals surface area contributed by atoms with E-state index in [4.69, 9.17) is 9.73 Å². The predicted octanol–water partition coefficient (Wildman–Crippen LogP) is 4.80. The topological polar surface area (TPSA) is 45.1 Å². The third-order valence-electron chi connectivity index (χ3n) is 5.38. The van der Waals surface area contributed by atoms with E-state index >= 15 is 0 Å². The van der Waals surface area contributed by atoms with Gasteiger partial charge in [-0.1, -0.05) is 58.4 Å². The van der Waals surface area contributed by atoms with E-state index in [1.54, 1.807) is 0 Å². The lowest BCUT2D eigenvalue weighted by atomic mass is 9.96. The maximum absolute atomic E-state index is 12.6. The molecule has 3 rings (SSSR count). The van der Waals surface area contributed by atoms with Gasteiger partial charge >= 0.3 is 5.97 Å². The number of hydrogen-bond donors (Lipinski definition) is 0. The number of nitrogens with zero attached hydrogens (tertiary/aromatic N) is 3.